The molecule has 0 atom stereocenters. The summed E-state index contributed by atoms with van der Waals surface area (Å²) in [6.07, 6.45) is 2.82. The van der Waals surface area contributed by atoms with Crippen molar-refractivity contribution in [2.75, 3.05) is 33.0 Å². The molecule has 32 heavy (non-hydrogen) atoms. The normalized spacial score (nSPS) is 15.6. The highest BCUT2D eigenvalue weighted by molar-refractivity contribution is 7.90. The molecule has 9 heteroatoms. The maximum Gasteiger partial charge on any atom is 0.230 e. The predicted octanol–water partition coefficient (Wildman–Crippen LogP) is 3.21. The highest BCUT2D eigenvalue weighted by Gasteiger charge is 2.26. The third-order valence-electron chi connectivity index (χ3n) is 5.70. The molecule has 1 aliphatic heterocycles. The molecule has 1 aromatic heterocycles. The van der Waals surface area contributed by atoms with Gasteiger partial charge in [0, 0.05) is 23.3 Å². The average Bonchev–Trinajstić information content (AvgIpc) is 3.29. The Labute approximate surface area is 187 Å². The lowest BCUT2D eigenvalue weighted by Gasteiger charge is -2.29. The monoisotopic (exact) mass is 455 g/mol. The van der Waals surface area contributed by atoms with Crippen LogP contribution in [-0.4, -0.2) is 62.2 Å². The highest BCUT2D eigenvalue weighted by Crippen LogP contribution is 2.29. The van der Waals surface area contributed by atoms with Crippen LogP contribution in [0.1, 0.15) is 35.0 Å². The number of likely N-dealkylation sites (tertiary alicyclic amines) is 1. The first-order valence-corrected chi connectivity index (χ1v) is 12.3. The van der Waals surface area contributed by atoms with Crippen LogP contribution in [0, 0.1) is 0 Å². The van der Waals surface area contributed by atoms with Crippen molar-refractivity contribution in [1.82, 2.24) is 15.0 Å². The molecule has 2 aromatic carbocycles. The minimum absolute atomic E-state index is 0.0868. The van der Waals surface area contributed by atoms with Crippen LogP contribution in [0.4, 0.5) is 0 Å². The largest absolute Gasteiger partial charge is 0.497 e. The lowest BCUT2D eigenvalue weighted by Crippen LogP contribution is -2.36. The van der Waals surface area contributed by atoms with E-state index in [2.05, 4.69) is 15.0 Å². The first-order valence-electron chi connectivity index (χ1n) is 10.4. The van der Waals surface area contributed by atoms with E-state index in [4.69, 9.17) is 9.26 Å². The van der Waals surface area contributed by atoms with Crippen LogP contribution in [0.3, 0.4) is 0 Å². The molecule has 3 aromatic rings. The predicted molar refractivity (Wildman–Crippen MR) is 119 cm³/mol. The average molecular weight is 456 g/mol. The molecule has 0 bridgehead atoms. The summed E-state index contributed by atoms with van der Waals surface area (Å²) in [7, 11) is -1.65. The Morgan fingerprint density at radius 2 is 1.75 bits per heavy atom. The summed E-state index contributed by atoms with van der Waals surface area (Å²) < 4.78 is 33.8. The molecule has 0 unspecified atom stereocenters. The van der Waals surface area contributed by atoms with Crippen molar-refractivity contribution in [1.29, 1.82) is 0 Å². The Kier molecular flexibility index (Phi) is 6.38. The number of Topliss-reactive ketones (excluding diaryl/α,β-unsaturated/α-hetero) is 1. The van der Waals surface area contributed by atoms with Crippen molar-refractivity contribution >= 4 is 15.6 Å². The van der Waals surface area contributed by atoms with Crippen molar-refractivity contribution in [3.05, 3.63) is 60.0 Å². The van der Waals surface area contributed by atoms with Crippen LogP contribution in [0.25, 0.3) is 11.4 Å². The summed E-state index contributed by atoms with van der Waals surface area (Å²) >= 11 is 0. The van der Waals surface area contributed by atoms with Gasteiger partial charge in [-0.3, -0.25) is 9.69 Å². The van der Waals surface area contributed by atoms with E-state index >= 15 is 0 Å². The lowest BCUT2D eigenvalue weighted by atomic mass is 9.96. The molecule has 1 fully saturated rings. The Bertz CT molecular complexity index is 1180. The number of ether oxygens (including phenoxy) is 1. The van der Waals surface area contributed by atoms with Gasteiger partial charge in [-0.15, -0.1) is 0 Å². The highest BCUT2D eigenvalue weighted by atomic mass is 32.2. The molecule has 0 amide bonds. The SMILES string of the molecule is COc1ccc(C(=O)CN2CCC(c3nc(-c4ccc(S(C)(=O)=O)cc4)no3)CC2)cc1. The Hall–Kier alpha value is -3.04. The summed E-state index contributed by atoms with van der Waals surface area (Å²) in [6, 6.07) is 13.6. The zero-order valence-electron chi connectivity index (χ0n) is 18.0. The summed E-state index contributed by atoms with van der Waals surface area (Å²) in [5.41, 5.74) is 1.38. The van der Waals surface area contributed by atoms with Crippen molar-refractivity contribution < 1.29 is 22.5 Å². The van der Waals surface area contributed by atoms with Gasteiger partial charge in [-0.1, -0.05) is 5.16 Å². The van der Waals surface area contributed by atoms with Gasteiger partial charge in [0.2, 0.25) is 11.7 Å². The van der Waals surface area contributed by atoms with E-state index in [1.54, 1.807) is 55.6 Å². The van der Waals surface area contributed by atoms with E-state index in [9.17, 15) is 13.2 Å². The molecule has 0 radical (unpaired) electrons. The second-order valence-corrected chi connectivity index (χ2v) is 9.97. The second kappa shape index (κ2) is 9.22. The van der Waals surface area contributed by atoms with Crippen molar-refractivity contribution in [2.24, 2.45) is 0 Å². The molecule has 0 N–H and O–H groups in total. The summed E-state index contributed by atoms with van der Waals surface area (Å²) in [4.78, 5) is 19.5. The molecular weight excluding hydrogens is 430 g/mol. The van der Waals surface area contributed by atoms with Gasteiger partial charge in [0.05, 0.1) is 18.6 Å². The molecule has 2 heterocycles. The molecule has 168 valence electrons. The molecule has 1 aliphatic rings. The van der Waals surface area contributed by atoms with Crippen molar-refractivity contribution in [3.8, 4) is 17.1 Å². The topological polar surface area (TPSA) is 103 Å². The van der Waals surface area contributed by atoms with Crippen LogP contribution in [0.2, 0.25) is 0 Å². The molecule has 0 aliphatic carbocycles. The molecule has 0 saturated carbocycles. The standard InChI is InChI=1S/C23H25N3O5S/c1-30-19-7-3-16(4-8-19)21(27)15-26-13-11-18(12-14-26)23-24-22(25-31-23)17-5-9-20(10-6-17)32(2,28)29/h3-10,18H,11-15H2,1-2H3. The van der Waals surface area contributed by atoms with Gasteiger partial charge in [-0.2, -0.15) is 4.98 Å². The summed E-state index contributed by atoms with van der Waals surface area (Å²) in [6.45, 7) is 1.92. The number of hydrogen-bond acceptors (Lipinski definition) is 8. The maximum atomic E-state index is 12.5. The minimum Gasteiger partial charge on any atom is -0.497 e. The number of carbonyl (C=O) groups is 1. The lowest BCUT2D eigenvalue weighted by molar-refractivity contribution is 0.0904. The number of carbonyl (C=O) groups excluding carboxylic acids is 1. The minimum atomic E-state index is -3.25. The molecule has 1 saturated heterocycles. The van der Waals surface area contributed by atoms with Gasteiger partial charge in [0.15, 0.2) is 15.6 Å². The van der Waals surface area contributed by atoms with E-state index < -0.39 is 9.84 Å². The van der Waals surface area contributed by atoms with Gasteiger partial charge >= 0.3 is 0 Å². The number of piperidine rings is 1. The molecule has 0 spiro atoms. The second-order valence-electron chi connectivity index (χ2n) is 7.95. The first-order chi connectivity index (χ1) is 15.3. The summed E-state index contributed by atoms with van der Waals surface area (Å²) in [5, 5.41) is 4.06. The summed E-state index contributed by atoms with van der Waals surface area (Å²) in [5.74, 6) is 1.97. The fourth-order valence-electron chi connectivity index (χ4n) is 3.78. The Balaban J connectivity index is 1.33. The molecular formula is C23H25N3O5S. The van der Waals surface area contributed by atoms with Crippen LogP contribution in [-0.2, 0) is 9.84 Å². The first kappa shape index (κ1) is 22.2. The fourth-order valence-corrected chi connectivity index (χ4v) is 4.41. The van der Waals surface area contributed by atoms with E-state index in [1.165, 1.54) is 6.26 Å². The third kappa shape index (κ3) is 5.05. The van der Waals surface area contributed by atoms with Gasteiger partial charge in [-0.25, -0.2) is 8.42 Å². The number of rotatable bonds is 7. The third-order valence-corrected chi connectivity index (χ3v) is 6.83. The van der Waals surface area contributed by atoms with Gasteiger partial charge in [-0.05, 0) is 74.5 Å². The van der Waals surface area contributed by atoms with Crippen LogP contribution >= 0.6 is 0 Å². The number of aromatic nitrogens is 2. The zero-order chi connectivity index (χ0) is 22.7. The Morgan fingerprint density at radius 1 is 1.09 bits per heavy atom. The zero-order valence-corrected chi connectivity index (χ0v) is 18.8. The van der Waals surface area contributed by atoms with Gasteiger partial charge in [0.25, 0.3) is 0 Å². The number of sulfone groups is 1. The van der Waals surface area contributed by atoms with E-state index in [0.717, 1.165) is 31.7 Å². The Morgan fingerprint density at radius 3 is 2.34 bits per heavy atom. The number of ketones is 1. The van der Waals surface area contributed by atoms with Crippen LogP contribution in [0.5, 0.6) is 5.75 Å². The fraction of sp³-hybridized carbons (Fsp3) is 0.348. The van der Waals surface area contributed by atoms with Crippen LogP contribution < -0.4 is 4.74 Å². The molecule has 4 rings (SSSR count). The van der Waals surface area contributed by atoms with Crippen LogP contribution in [0.15, 0.2) is 57.9 Å². The van der Waals surface area contributed by atoms with E-state index in [-0.39, 0.29) is 16.6 Å². The van der Waals surface area contributed by atoms with Crippen molar-refractivity contribution in [3.63, 3.8) is 0 Å². The van der Waals surface area contributed by atoms with Gasteiger partial charge < -0.3 is 9.26 Å². The van der Waals surface area contributed by atoms with Crippen molar-refractivity contribution in [2.45, 2.75) is 23.7 Å². The number of nitrogens with zero attached hydrogens (tertiary/aromatic N) is 3. The quantitative estimate of drug-likeness (QED) is 0.501. The number of hydrogen-bond donors (Lipinski definition) is 0. The molecule has 8 nitrogen and oxygen atoms in total. The smallest absolute Gasteiger partial charge is 0.230 e. The maximum absolute atomic E-state index is 12.5. The number of methoxy groups -OCH3 is 1. The van der Waals surface area contributed by atoms with E-state index in [0.29, 0.717) is 29.4 Å². The van der Waals surface area contributed by atoms with Gasteiger partial charge in [0.1, 0.15) is 5.75 Å². The number of benzene rings is 2. The van der Waals surface area contributed by atoms with E-state index in [1.807, 2.05) is 0 Å².